The minimum absolute atomic E-state index is 0.260. The summed E-state index contributed by atoms with van der Waals surface area (Å²) in [7, 11) is 0. The van der Waals surface area contributed by atoms with Gasteiger partial charge in [-0.05, 0) is 48.4 Å². The van der Waals surface area contributed by atoms with Crippen LogP contribution < -0.4 is 21.7 Å². The third kappa shape index (κ3) is 5.05. The van der Waals surface area contributed by atoms with E-state index in [2.05, 4.69) is 25.8 Å². The molecule has 0 amide bonds. The van der Waals surface area contributed by atoms with Crippen molar-refractivity contribution in [1.82, 2.24) is 20.9 Å². The first kappa shape index (κ1) is 20.5. The van der Waals surface area contributed by atoms with Crippen molar-refractivity contribution < 1.29 is 4.39 Å². The van der Waals surface area contributed by atoms with Gasteiger partial charge in [0.15, 0.2) is 0 Å². The fraction of sp³-hybridized carbons (Fsp3) is 0.348. The number of hydrogen-bond donors (Lipinski definition) is 4. The summed E-state index contributed by atoms with van der Waals surface area (Å²) in [5, 5.41) is 10.1. The first-order valence-corrected chi connectivity index (χ1v) is 10.5. The van der Waals surface area contributed by atoms with Crippen LogP contribution in [0.15, 0.2) is 65.4 Å². The summed E-state index contributed by atoms with van der Waals surface area (Å²) in [5.74, 6) is -0.479. The van der Waals surface area contributed by atoms with Crippen LogP contribution in [0, 0.1) is 5.82 Å². The molecule has 0 aliphatic carbocycles. The van der Waals surface area contributed by atoms with E-state index in [1.807, 2.05) is 36.4 Å². The lowest BCUT2D eigenvalue weighted by atomic mass is 9.99. The van der Waals surface area contributed by atoms with Crippen molar-refractivity contribution in [2.45, 2.75) is 12.2 Å². The van der Waals surface area contributed by atoms with E-state index < -0.39 is 5.79 Å². The molecule has 4 rings (SSSR count). The maximum atomic E-state index is 13.6. The van der Waals surface area contributed by atoms with Gasteiger partial charge in [-0.3, -0.25) is 5.73 Å². The molecule has 2 aromatic carbocycles. The highest BCUT2D eigenvalue weighted by molar-refractivity contribution is 5.74. The Bertz CT molecular complexity index is 921. The number of nitrogens with two attached hydrogens (primary N) is 1. The number of benzene rings is 2. The van der Waals surface area contributed by atoms with Crippen LogP contribution in [0.1, 0.15) is 12.0 Å². The van der Waals surface area contributed by atoms with Gasteiger partial charge in [-0.15, -0.1) is 0 Å². The summed E-state index contributed by atoms with van der Waals surface area (Å²) < 4.78 is 13.6. The van der Waals surface area contributed by atoms with Gasteiger partial charge in [0.1, 0.15) is 11.6 Å². The molecule has 158 valence electrons. The smallest absolute Gasteiger partial charge is 0.210 e. The summed E-state index contributed by atoms with van der Waals surface area (Å²) in [6.45, 7) is 6.31. The minimum atomic E-state index is -1.07. The lowest BCUT2D eigenvalue weighted by Crippen LogP contribution is -2.52. The van der Waals surface area contributed by atoms with Crippen LogP contribution in [0.5, 0.6) is 0 Å². The molecule has 0 bridgehead atoms. The number of piperazine rings is 1. The Morgan fingerprint density at radius 1 is 1.10 bits per heavy atom. The predicted octanol–water partition coefficient (Wildman–Crippen LogP) is 1.96. The molecule has 0 radical (unpaired) electrons. The lowest BCUT2D eigenvalue weighted by molar-refractivity contribution is 0.238. The molecule has 0 aromatic heterocycles. The summed E-state index contributed by atoms with van der Waals surface area (Å²) >= 11 is 0. The van der Waals surface area contributed by atoms with Gasteiger partial charge in [0.05, 0.1) is 0 Å². The topological polar surface area (TPSA) is 77.7 Å². The molecule has 6 nitrogen and oxygen atoms in total. The van der Waals surface area contributed by atoms with Gasteiger partial charge in [0.2, 0.25) is 5.79 Å². The zero-order valence-corrected chi connectivity index (χ0v) is 17.1. The van der Waals surface area contributed by atoms with Crippen LogP contribution >= 0.6 is 0 Å². The molecule has 1 unspecified atom stereocenters. The summed E-state index contributed by atoms with van der Waals surface area (Å²) in [6, 6.07) is 14.3. The third-order valence-electron chi connectivity index (χ3n) is 5.48. The number of aliphatic imine (C=N–C) groups is 1. The second-order valence-corrected chi connectivity index (χ2v) is 7.71. The Balaban J connectivity index is 1.37. The SMILES string of the molecule is NC1(c2cccc(-c3cccc(F)c3)c2)N=CC=C(NCCCN2CCNCC2)N1. The molecule has 2 aliphatic rings. The number of halogens is 1. The van der Waals surface area contributed by atoms with E-state index in [1.54, 1.807) is 12.3 Å². The maximum Gasteiger partial charge on any atom is 0.210 e. The molecule has 1 fully saturated rings. The predicted molar refractivity (Wildman–Crippen MR) is 119 cm³/mol. The summed E-state index contributed by atoms with van der Waals surface area (Å²) in [6.07, 6.45) is 4.68. The van der Waals surface area contributed by atoms with E-state index in [-0.39, 0.29) is 5.82 Å². The van der Waals surface area contributed by atoms with Gasteiger partial charge in [-0.25, -0.2) is 9.38 Å². The molecule has 30 heavy (non-hydrogen) atoms. The van der Waals surface area contributed by atoms with Crippen molar-refractivity contribution in [2.24, 2.45) is 10.7 Å². The highest BCUT2D eigenvalue weighted by atomic mass is 19.1. The number of hydrogen-bond acceptors (Lipinski definition) is 6. The normalized spacial score (nSPS) is 21.7. The van der Waals surface area contributed by atoms with Gasteiger partial charge in [-0.1, -0.05) is 30.3 Å². The van der Waals surface area contributed by atoms with Crippen molar-refractivity contribution in [3.8, 4) is 11.1 Å². The highest BCUT2D eigenvalue weighted by Crippen LogP contribution is 2.26. The van der Waals surface area contributed by atoms with Crippen LogP contribution in [0.3, 0.4) is 0 Å². The van der Waals surface area contributed by atoms with E-state index in [0.29, 0.717) is 0 Å². The molecule has 1 saturated heterocycles. The van der Waals surface area contributed by atoms with E-state index in [0.717, 1.165) is 68.2 Å². The molecule has 2 aliphatic heterocycles. The monoisotopic (exact) mass is 408 g/mol. The Kier molecular flexibility index (Phi) is 6.42. The molecule has 2 aromatic rings. The van der Waals surface area contributed by atoms with Crippen molar-refractivity contribution in [3.05, 3.63) is 71.8 Å². The third-order valence-corrected chi connectivity index (χ3v) is 5.48. The molecule has 7 heteroatoms. The lowest BCUT2D eigenvalue weighted by Gasteiger charge is -2.32. The Hall–Kier alpha value is -2.74. The fourth-order valence-corrected chi connectivity index (χ4v) is 3.82. The molecule has 1 atom stereocenters. The van der Waals surface area contributed by atoms with Crippen LogP contribution in [-0.2, 0) is 5.79 Å². The van der Waals surface area contributed by atoms with E-state index >= 15 is 0 Å². The molecule has 0 spiro atoms. The summed E-state index contributed by atoms with van der Waals surface area (Å²) in [4.78, 5) is 6.95. The second kappa shape index (κ2) is 9.38. The zero-order valence-electron chi connectivity index (χ0n) is 17.1. The van der Waals surface area contributed by atoms with Crippen molar-refractivity contribution in [2.75, 3.05) is 39.3 Å². The van der Waals surface area contributed by atoms with E-state index in [4.69, 9.17) is 5.73 Å². The standard InChI is InChI=1S/C23H29FN6/c24-21-7-2-5-19(17-21)18-4-1-6-20(16-18)23(25)28-10-8-22(29-23)27-9-3-13-30-14-11-26-12-15-30/h1-2,4-8,10,16-17,26-27,29H,3,9,11-15,25H2. The molecule has 5 N–H and O–H groups in total. The van der Waals surface area contributed by atoms with Crippen LogP contribution in [0.25, 0.3) is 11.1 Å². The molecular formula is C23H29FN6. The number of allylic oxidation sites excluding steroid dienone is 1. The van der Waals surface area contributed by atoms with Gasteiger partial charge >= 0.3 is 0 Å². The Morgan fingerprint density at radius 2 is 1.87 bits per heavy atom. The van der Waals surface area contributed by atoms with Crippen molar-refractivity contribution in [1.29, 1.82) is 0 Å². The quantitative estimate of drug-likeness (QED) is 0.527. The first-order chi connectivity index (χ1) is 14.6. The van der Waals surface area contributed by atoms with E-state index in [9.17, 15) is 4.39 Å². The molecule has 2 heterocycles. The zero-order chi connectivity index (χ0) is 20.8. The van der Waals surface area contributed by atoms with Crippen LogP contribution in [-0.4, -0.2) is 50.4 Å². The minimum Gasteiger partial charge on any atom is -0.372 e. The van der Waals surface area contributed by atoms with Gasteiger partial charge in [0.25, 0.3) is 0 Å². The number of nitrogens with one attached hydrogen (secondary N) is 3. The average Bonchev–Trinajstić information content (AvgIpc) is 2.78. The maximum absolute atomic E-state index is 13.6. The van der Waals surface area contributed by atoms with Crippen LogP contribution in [0.2, 0.25) is 0 Å². The summed E-state index contributed by atoms with van der Waals surface area (Å²) in [5.41, 5.74) is 9.11. The fourth-order valence-electron chi connectivity index (χ4n) is 3.82. The average molecular weight is 409 g/mol. The Morgan fingerprint density at radius 3 is 2.67 bits per heavy atom. The van der Waals surface area contributed by atoms with Crippen LogP contribution in [0.4, 0.5) is 4.39 Å². The molecular weight excluding hydrogens is 379 g/mol. The Labute approximate surface area is 177 Å². The van der Waals surface area contributed by atoms with Crippen molar-refractivity contribution in [3.63, 3.8) is 0 Å². The largest absolute Gasteiger partial charge is 0.372 e. The van der Waals surface area contributed by atoms with E-state index in [1.165, 1.54) is 12.1 Å². The molecule has 0 saturated carbocycles. The van der Waals surface area contributed by atoms with Gasteiger partial charge in [0, 0.05) is 44.5 Å². The number of nitrogens with zero attached hydrogens (tertiary/aromatic N) is 2. The van der Waals surface area contributed by atoms with Gasteiger partial charge in [-0.2, -0.15) is 0 Å². The van der Waals surface area contributed by atoms with Gasteiger partial charge < -0.3 is 20.9 Å². The number of rotatable bonds is 7. The second-order valence-electron chi connectivity index (χ2n) is 7.71. The first-order valence-electron chi connectivity index (χ1n) is 10.5. The highest BCUT2D eigenvalue weighted by Gasteiger charge is 2.28. The van der Waals surface area contributed by atoms with Crippen molar-refractivity contribution >= 4 is 6.21 Å².